The molecule has 3 heterocycles. The highest BCUT2D eigenvalue weighted by atomic mass is 32.1. The molecule has 0 fully saturated rings. The Balaban J connectivity index is 1.71. The van der Waals surface area contributed by atoms with Gasteiger partial charge in [0.15, 0.2) is 0 Å². The topological polar surface area (TPSA) is 29.9 Å². The number of nitrogens with zero attached hydrogens (tertiary/aromatic N) is 2. The summed E-state index contributed by atoms with van der Waals surface area (Å²) in [6.45, 7) is 0.789. The lowest BCUT2D eigenvalue weighted by Gasteiger charge is -2.16. The Hall–Kier alpha value is -1.43. The summed E-state index contributed by atoms with van der Waals surface area (Å²) in [6, 6.07) is 8.99. The summed E-state index contributed by atoms with van der Waals surface area (Å²) in [5.74, 6) is 1.07. The van der Waals surface area contributed by atoms with Gasteiger partial charge >= 0.3 is 0 Å². The van der Waals surface area contributed by atoms with Gasteiger partial charge in [-0.3, -0.25) is 0 Å². The summed E-state index contributed by atoms with van der Waals surface area (Å²) in [5, 5.41) is 7.91. The molecule has 0 radical (unpaired) electrons. The number of hydrogen-bond donors (Lipinski definition) is 1. The fourth-order valence-corrected chi connectivity index (χ4v) is 3.73. The Labute approximate surface area is 126 Å². The van der Waals surface area contributed by atoms with Gasteiger partial charge in [-0.1, -0.05) is 12.1 Å². The maximum absolute atomic E-state index is 4.37. The maximum atomic E-state index is 4.37. The Bertz CT molecular complexity index is 626. The van der Waals surface area contributed by atoms with Gasteiger partial charge < -0.3 is 9.88 Å². The van der Waals surface area contributed by atoms with Crippen LogP contribution in [0.4, 0.5) is 0 Å². The van der Waals surface area contributed by atoms with Crippen molar-refractivity contribution in [3.05, 3.63) is 63.0 Å². The van der Waals surface area contributed by atoms with E-state index in [1.165, 1.54) is 9.75 Å². The smallest absolute Gasteiger partial charge is 0.122 e. The second-order valence-electron chi connectivity index (χ2n) is 4.69. The van der Waals surface area contributed by atoms with E-state index in [-0.39, 0.29) is 0 Å². The second-order valence-corrected chi connectivity index (χ2v) is 6.70. The summed E-state index contributed by atoms with van der Waals surface area (Å²) >= 11 is 3.63. The summed E-state index contributed by atoms with van der Waals surface area (Å²) in [4.78, 5) is 7.17. The van der Waals surface area contributed by atoms with Crippen LogP contribution in [0.25, 0.3) is 0 Å². The molecule has 1 unspecified atom stereocenters. The van der Waals surface area contributed by atoms with Gasteiger partial charge in [0, 0.05) is 41.7 Å². The number of nitrogens with one attached hydrogen (secondary N) is 1. The van der Waals surface area contributed by atoms with Crippen LogP contribution in [0.15, 0.2) is 47.4 Å². The predicted molar refractivity (Wildman–Crippen MR) is 85.1 cm³/mol. The molecule has 5 heteroatoms. The number of aryl methyl sites for hydroxylation is 1. The number of aromatic nitrogens is 2. The minimum atomic E-state index is 0.352. The normalized spacial score (nSPS) is 12.7. The first kappa shape index (κ1) is 13.5. The fourth-order valence-electron chi connectivity index (χ4n) is 2.17. The van der Waals surface area contributed by atoms with E-state index in [4.69, 9.17) is 0 Å². The Kier molecular flexibility index (Phi) is 4.30. The van der Waals surface area contributed by atoms with Crippen molar-refractivity contribution in [3.63, 3.8) is 0 Å². The maximum Gasteiger partial charge on any atom is 0.122 e. The van der Waals surface area contributed by atoms with E-state index in [9.17, 15) is 0 Å². The molecular formula is C15H17N3S2. The summed E-state index contributed by atoms with van der Waals surface area (Å²) in [6.07, 6.45) is 4.86. The molecule has 1 N–H and O–H groups in total. The highest BCUT2D eigenvalue weighted by Gasteiger charge is 2.14. The monoisotopic (exact) mass is 303 g/mol. The van der Waals surface area contributed by atoms with Gasteiger partial charge in [0.1, 0.15) is 5.82 Å². The van der Waals surface area contributed by atoms with Gasteiger partial charge in [-0.05, 0) is 22.9 Å². The first-order valence-electron chi connectivity index (χ1n) is 6.58. The van der Waals surface area contributed by atoms with E-state index in [0.717, 1.165) is 18.8 Å². The van der Waals surface area contributed by atoms with Crippen molar-refractivity contribution in [1.82, 2.24) is 14.9 Å². The average Bonchev–Trinajstić information content (AvgIpc) is 3.18. The minimum Gasteiger partial charge on any atom is -0.337 e. The largest absolute Gasteiger partial charge is 0.337 e. The SMILES string of the molecule is Cn1ccnc1CNC(Cc1cccs1)c1cccs1. The first-order chi connectivity index (χ1) is 9.83. The molecule has 3 nitrogen and oxygen atoms in total. The third kappa shape index (κ3) is 3.17. The number of imidazole rings is 1. The molecule has 0 bridgehead atoms. The quantitative estimate of drug-likeness (QED) is 0.754. The van der Waals surface area contributed by atoms with Crippen LogP contribution < -0.4 is 5.32 Å². The van der Waals surface area contributed by atoms with Gasteiger partial charge in [-0.25, -0.2) is 4.98 Å². The molecule has 20 heavy (non-hydrogen) atoms. The van der Waals surface area contributed by atoms with Crippen molar-refractivity contribution in [2.24, 2.45) is 7.05 Å². The van der Waals surface area contributed by atoms with Crippen LogP contribution in [0.3, 0.4) is 0 Å². The molecule has 1 atom stereocenters. The van der Waals surface area contributed by atoms with Crippen LogP contribution in [0, 0.1) is 0 Å². The molecule has 0 aliphatic heterocycles. The van der Waals surface area contributed by atoms with Gasteiger partial charge in [0.2, 0.25) is 0 Å². The Morgan fingerprint density at radius 3 is 2.75 bits per heavy atom. The van der Waals surface area contributed by atoms with Gasteiger partial charge in [0.05, 0.1) is 6.54 Å². The van der Waals surface area contributed by atoms with E-state index in [0.29, 0.717) is 6.04 Å². The molecule has 3 aromatic heterocycles. The number of hydrogen-bond acceptors (Lipinski definition) is 4. The molecular weight excluding hydrogens is 286 g/mol. The van der Waals surface area contributed by atoms with Crippen LogP contribution >= 0.6 is 22.7 Å². The zero-order chi connectivity index (χ0) is 13.8. The molecule has 0 spiro atoms. The average molecular weight is 303 g/mol. The van der Waals surface area contributed by atoms with Crippen molar-refractivity contribution in [2.45, 2.75) is 19.0 Å². The molecule has 0 aliphatic rings. The zero-order valence-corrected chi connectivity index (χ0v) is 13.0. The molecule has 0 aliphatic carbocycles. The van der Waals surface area contributed by atoms with E-state index < -0.39 is 0 Å². The third-order valence-corrected chi connectivity index (χ3v) is 5.18. The molecule has 0 saturated heterocycles. The standard InChI is InChI=1S/C15H17N3S2/c1-18-7-6-16-15(18)11-17-13(14-5-3-9-20-14)10-12-4-2-8-19-12/h2-9,13,17H,10-11H2,1H3. The van der Waals surface area contributed by atoms with Gasteiger partial charge in [-0.2, -0.15) is 0 Å². The third-order valence-electron chi connectivity index (χ3n) is 3.30. The van der Waals surface area contributed by atoms with Crippen LogP contribution in [0.1, 0.15) is 21.6 Å². The van der Waals surface area contributed by atoms with E-state index >= 15 is 0 Å². The van der Waals surface area contributed by atoms with E-state index in [2.05, 4.69) is 49.9 Å². The van der Waals surface area contributed by atoms with Crippen LogP contribution in [0.5, 0.6) is 0 Å². The van der Waals surface area contributed by atoms with Crippen LogP contribution in [-0.2, 0) is 20.0 Å². The van der Waals surface area contributed by atoms with Crippen molar-refractivity contribution < 1.29 is 0 Å². The van der Waals surface area contributed by atoms with Crippen molar-refractivity contribution >= 4 is 22.7 Å². The molecule has 3 aromatic rings. The molecule has 0 amide bonds. The zero-order valence-electron chi connectivity index (χ0n) is 11.3. The predicted octanol–water partition coefficient (Wildman–Crippen LogP) is 3.62. The lowest BCUT2D eigenvalue weighted by molar-refractivity contribution is 0.521. The molecule has 104 valence electrons. The Morgan fingerprint density at radius 1 is 1.25 bits per heavy atom. The highest BCUT2D eigenvalue weighted by Crippen LogP contribution is 2.25. The lowest BCUT2D eigenvalue weighted by atomic mass is 10.1. The van der Waals surface area contributed by atoms with Crippen molar-refractivity contribution in [1.29, 1.82) is 0 Å². The second kappa shape index (κ2) is 6.35. The highest BCUT2D eigenvalue weighted by molar-refractivity contribution is 7.10. The Morgan fingerprint density at radius 2 is 2.10 bits per heavy atom. The van der Waals surface area contributed by atoms with Crippen molar-refractivity contribution in [3.8, 4) is 0 Å². The van der Waals surface area contributed by atoms with Gasteiger partial charge in [0.25, 0.3) is 0 Å². The fraction of sp³-hybridized carbons (Fsp3) is 0.267. The molecule has 3 rings (SSSR count). The summed E-state index contributed by atoms with van der Waals surface area (Å²) in [5.41, 5.74) is 0. The molecule has 0 aromatic carbocycles. The summed E-state index contributed by atoms with van der Waals surface area (Å²) in [7, 11) is 2.03. The van der Waals surface area contributed by atoms with Crippen molar-refractivity contribution in [2.75, 3.05) is 0 Å². The lowest BCUT2D eigenvalue weighted by Crippen LogP contribution is -2.23. The van der Waals surface area contributed by atoms with E-state index in [1.54, 1.807) is 0 Å². The molecule has 0 saturated carbocycles. The van der Waals surface area contributed by atoms with Gasteiger partial charge in [-0.15, -0.1) is 22.7 Å². The van der Waals surface area contributed by atoms with E-state index in [1.807, 2.05) is 42.1 Å². The number of thiophene rings is 2. The minimum absolute atomic E-state index is 0.352. The van der Waals surface area contributed by atoms with Crippen LogP contribution in [-0.4, -0.2) is 9.55 Å². The summed E-state index contributed by atoms with van der Waals surface area (Å²) < 4.78 is 2.06. The first-order valence-corrected chi connectivity index (χ1v) is 8.34. The number of rotatable bonds is 6. The van der Waals surface area contributed by atoms with Crippen LogP contribution in [0.2, 0.25) is 0 Å².